The van der Waals surface area contributed by atoms with Crippen LogP contribution >= 0.6 is 0 Å². The minimum Gasteiger partial charge on any atom is -0.481 e. The summed E-state index contributed by atoms with van der Waals surface area (Å²) in [7, 11) is 1.53. The van der Waals surface area contributed by atoms with Gasteiger partial charge in [0.1, 0.15) is 0 Å². The van der Waals surface area contributed by atoms with Crippen molar-refractivity contribution in [3.8, 4) is 5.88 Å². The molecule has 0 saturated heterocycles. The maximum absolute atomic E-state index is 12.0. The van der Waals surface area contributed by atoms with Crippen LogP contribution in [0.4, 0.5) is 0 Å². The van der Waals surface area contributed by atoms with E-state index in [0.717, 1.165) is 5.56 Å². The summed E-state index contributed by atoms with van der Waals surface area (Å²) in [5, 5.41) is 11.8. The second kappa shape index (κ2) is 6.36. The molecule has 2 atom stereocenters. The number of methoxy groups -OCH3 is 1. The second-order valence-electron chi connectivity index (χ2n) is 4.93. The first kappa shape index (κ1) is 14.3. The number of carboxylic acids is 1. The number of hydrogen-bond donors (Lipinski definition) is 2. The van der Waals surface area contributed by atoms with Gasteiger partial charge in [-0.2, -0.15) is 0 Å². The van der Waals surface area contributed by atoms with Gasteiger partial charge in [-0.3, -0.25) is 9.59 Å². The van der Waals surface area contributed by atoms with E-state index >= 15 is 0 Å². The number of carboxylic acid groups (broad SMARTS) is 1. The summed E-state index contributed by atoms with van der Waals surface area (Å²) in [6.45, 7) is 0.337. The minimum absolute atomic E-state index is 0.0975. The highest BCUT2D eigenvalue weighted by molar-refractivity contribution is 5.80. The highest BCUT2D eigenvalue weighted by Crippen LogP contribution is 2.31. The van der Waals surface area contributed by atoms with E-state index in [4.69, 9.17) is 9.84 Å². The SMILES string of the molecule is COc1ncccc1CNC(=O)C1CCC(C(=O)O)C1. The summed E-state index contributed by atoms with van der Waals surface area (Å²) >= 11 is 0. The molecule has 1 aliphatic rings. The van der Waals surface area contributed by atoms with Crippen molar-refractivity contribution in [1.82, 2.24) is 10.3 Å². The molecule has 1 aromatic heterocycles. The summed E-state index contributed by atoms with van der Waals surface area (Å²) in [6.07, 6.45) is 3.25. The molecule has 0 spiro atoms. The van der Waals surface area contributed by atoms with Crippen molar-refractivity contribution < 1.29 is 19.4 Å². The molecule has 1 saturated carbocycles. The molecule has 2 rings (SSSR count). The van der Waals surface area contributed by atoms with E-state index < -0.39 is 11.9 Å². The van der Waals surface area contributed by atoms with Crippen molar-refractivity contribution in [2.75, 3.05) is 7.11 Å². The number of nitrogens with zero attached hydrogens (tertiary/aromatic N) is 1. The van der Waals surface area contributed by atoms with Crippen molar-refractivity contribution in [1.29, 1.82) is 0 Å². The predicted octanol–water partition coefficient (Wildman–Crippen LogP) is 1.21. The van der Waals surface area contributed by atoms with Crippen LogP contribution < -0.4 is 10.1 Å². The van der Waals surface area contributed by atoms with Crippen molar-refractivity contribution in [2.24, 2.45) is 11.8 Å². The van der Waals surface area contributed by atoms with Gasteiger partial charge in [-0.05, 0) is 25.3 Å². The van der Waals surface area contributed by atoms with Gasteiger partial charge in [0.05, 0.1) is 13.0 Å². The third-order valence-corrected chi connectivity index (χ3v) is 3.65. The van der Waals surface area contributed by atoms with Crippen LogP contribution in [0.3, 0.4) is 0 Å². The molecule has 0 aliphatic heterocycles. The van der Waals surface area contributed by atoms with Gasteiger partial charge in [0.25, 0.3) is 0 Å². The largest absolute Gasteiger partial charge is 0.481 e. The molecule has 108 valence electrons. The lowest BCUT2D eigenvalue weighted by atomic mass is 10.0. The number of carbonyl (C=O) groups excluding carboxylic acids is 1. The standard InChI is InChI=1S/C14H18N2O4/c1-20-13-11(3-2-6-15-13)8-16-12(17)9-4-5-10(7-9)14(18)19/h2-3,6,9-10H,4-5,7-8H2,1H3,(H,16,17)(H,18,19). The Labute approximate surface area is 117 Å². The summed E-state index contributed by atoms with van der Waals surface area (Å²) in [5.74, 6) is -1.02. The first-order chi connectivity index (χ1) is 9.61. The zero-order valence-electron chi connectivity index (χ0n) is 11.3. The molecular weight excluding hydrogens is 260 g/mol. The van der Waals surface area contributed by atoms with Gasteiger partial charge < -0.3 is 15.2 Å². The molecule has 1 heterocycles. The maximum Gasteiger partial charge on any atom is 0.306 e. The molecular formula is C14H18N2O4. The van der Waals surface area contributed by atoms with Gasteiger partial charge in [0, 0.05) is 24.2 Å². The molecule has 0 bridgehead atoms. The van der Waals surface area contributed by atoms with Gasteiger partial charge >= 0.3 is 5.97 Å². The van der Waals surface area contributed by atoms with Crippen molar-refractivity contribution >= 4 is 11.9 Å². The fourth-order valence-corrected chi connectivity index (χ4v) is 2.51. The van der Waals surface area contributed by atoms with Crippen molar-refractivity contribution in [2.45, 2.75) is 25.8 Å². The Morgan fingerprint density at radius 1 is 1.45 bits per heavy atom. The number of nitrogens with one attached hydrogen (secondary N) is 1. The van der Waals surface area contributed by atoms with Crippen LogP contribution in [0.5, 0.6) is 5.88 Å². The molecule has 0 aromatic carbocycles. The van der Waals surface area contributed by atoms with Crippen LogP contribution in [0.1, 0.15) is 24.8 Å². The monoisotopic (exact) mass is 278 g/mol. The molecule has 2 unspecified atom stereocenters. The Hall–Kier alpha value is -2.11. The van der Waals surface area contributed by atoms with Crippen molar-refractivity contribution in [3.63, 3.8) is 0 Å². The Balaban J connectivity index is 1.88. The summed E-state index contributed by atoms with van der Waals surface area (Å²) in [6, 6.07) is 3.61. The van der Waals surface area contributed by atoms with Crippen LogP contribution in [0.2, 0.25) is 0 Å². The fraction of sp³-hybridized carbons (Fsp3) is 0.500. The third-order valence-electron chi connectivity index (χ3n) is 3.65. The first-order valence-electron chi connectivity index (χ1n) is 6.60. The Kier molecular flexibility index (Phi) is 4.55. The number of pyridine rings is 1. The number of hydrogen-bond acceptors (Lipinski definition) is 4. The lowest BCUT2D eigenvalue weighted by Crippen LogP contribution is -2.29. The minimum atomic E-state index is -0.811. The number of carbonyl (C=O) groups is 2. The van der Waals surface area contributed by atoms with Crippen LogP contribution in [-0.4, -0.2) is 29.1 Å². The number of ether oxygens (including phenoxy) is 1. The molecule has 1 amide bonds. The van der Waals surface area contributed by atoms with E-state index in [1.54, 1.807) is 12.3 Å². The molecule has 0 radical (unpaired) electrons. The highest BCUT2D eigenvalue weighted by Gasteiger charge is 2.33. The molecule has 1 aliphatic carbocycles. The number of rotatable bonds is 5. The van der Waals surface area contributed by atoms with E-state index in [1.807, 2.05) is 6.07 Å². The van der Waals surface area contributed by atoms with Gasteiger partial charge in [-0.15, -0.1) is 0 Å². The molecule has 20 heavy (non-hydrogen) atoms. The molecule has 1 aromatic rings. The lowest BCUT2D eigenvalue weighted by molar-refractivity contribution is -0.141. The Morgan fingerprint density at radius 3 is 2.85 bits per heavy atom. The number of amides is 1. The molecule has 6 nitrogen and oxygen atoms in total. The third kappa shape index (κ3) is 3.26. The zero-order chi connectivity index (χ0) is 14.5. The van der Waals surface area contributed by atoms with E-state index in [0.29, 0.717) is 31.7 Å². The maximum atomic E-state index is 12.0. The molecule has 2 N–H and O–H groups in total. The molecule has 1 fully saturated rings. The van der Waals surface area contributed by atoms with Gasteiger partial charge in [0.2, 0.25) is 11.8 Å². The van der Waals surface area contributed by atoms with Crippen LogP contribution in [0, 0.1) is 11.8 Å². The van der Waals surface area contributed by atoms with E-state index in [9.17, 15) is 9.59 Å². The van der Waals surface area contributed by atoms with Crippen LogP contribution in [-0.2, 0) is 16.1 Å². The normalized spacial score (nSPS) is 21.4. The smallest absolute Gasteiger partial charge is 0.306 e. The van der Waals surface area contributed by atoms with Gasteiger partial charge in [-0.1, -0.05) is 6.07 Å². The number of aromatic nitrogens is 1. The quantitative estimate of drug-likeness (QED) is 0.845. The Morgan fingerprint density at radius 2 is 2.20 bits per heavy atom. The Bertz CT molecular complexity index is 504. The lowest BCUT2D eigenvalue weighted by Gasteiger charge is -2.12. The first-order valence-corrected chi connectivity index (χ1v) is 6.60. The van der Waals surface area contributed by atoms with Crippen LogP contribution in [0.15, 0.2) is 18.3 Å². The average Bonchev–Trinajstić information content (AvgIpc) is 2.95. The topological polar surface area (TPSA) is 88.5 Å². The van der Waals surface area contributed by atoms with Crippen LogP contribution in [0.25, 0.3) is 0 Å². The predicted molar refractivity (Wildman–Crippen MR) is 71.1 cm³/mol. The number of aliphatic carboxylic acids is 1. The van der Waals surface area contributed by atoms with Gasteiger partial charge in [-0.25, -0.2) is 4.98 Å². The highest BCUT2D eigenvalue weighted by atomic mass is 16.5. The summed E-state index contributed by atoms with van der Waals surface area (Å²) in [4.78, 5) is 27.0. The average molecular weight is 278 g/mol. The van der Waals surface area contributed by atoms with E-state index in [1.165, 1.54) is 7.11 Å². The summed E-state index contributed by atoms with van der Waals surface area (Å²) < 4.78 is 5.11. The summed E-state index contributed by atoms with van der Waals surface area (Å²) in [5.41, 5.74) is 0.802. The van der Waals surface area contributed by atoms with E-state index in [2.05, 4.69) is 10.3 Å². The van der Waals surface area contributed by atoms with Gasteiger partial charge in [0.15, 0.2) is 0 Å². The fourth-order valence-electron chi connectivity index (χ4n) is 2.51. The molecule has 6 heteroatoms. The van der Waals surface area contributed by atoms with Crippen molar-refractivity contribution in [3.05, 3.63) is 23.9 Å². The van der Waals surface area contributed by atoms with E-state index in [-0.39, 0.29) is 11.8 Å². The second-order valence-corrected chi connectivity index (χ2v) is 4.93. The zero-order valence-corrected chi connectivity index (χ0v) is 11.3.